The van der Waals surface area contributed by atoms with Gasteiger partial charge in [0.2, 0.25) is 0 Å². The van der Waals surface area contributed by atoms with Gasteiger partial charge >= 0.3 is 0 Å². The molecular formula is C32H49P. The molecule has 0 bridgehead atoms. The van der Waals surface area contributed by atoms with Gasteiger partial charge in [-0.15, -0.1) is 0 Å². The lowest BCUT2D eigenvalue weighted by Crippen LogP contribution is -2.37. The highest BCUT2D eigenvalue weighted by molar-refractivity contribution is 7.68. The van der Waals surface area contributed by atoms with Gasteiger partial charge < -0.3 is 0 Å². The molecule has 1 fully saturated rings. The van der Waals surface area contributed by atoms with Crippen LogP contribution in [-0.2, 0) is 0 Å². The quantitative estimate of drug-likeness (QED) is 0.386. The molecule has 2 aromatic rings. The van der Waals surface area contributed by atoms with Gasteiger partial charge in [0.15, 0.2) is 0 Å². The van der Waals surface area contributed by atoms with Gasteiger partial charge in [-0.2, -0.15) is 0 Å². The number of rotatable bonds is 5. The second kappa shape index (κ2) is 10.2. The largest absolute Gasteiger partial charge is 0.0631 e. The summed E-state index contributed by atoms with van der Waals surface area (Å²) < 4.78 is 0. The molecule has 0 atom stereocenters. The Morgan fingerprint density at radius 3 is 1.61 bits per heavy atom. The second-order valence-electron chi connectivity index (χ2n) is 12.6. The Kier molecular flexibility index (Phi) is 8.21. The standard InChI is InChI=1S/C32H49P/c1-22(2)25-20-27(23(3)4)30(28(21-25)24(5)6)26-16-12-13-17-29(26)33-31(7,8)18-14-11-15-19-32(33,9)10/h12-13,16-17,20-24H,11,14-15,18-19H2,1-10H3. The SMILES string of the molecule is CC(C)c1cc(C(C)C)c(-c2ccccc2P2C(C)(C)CCCCCC2(C)C)c(C(C)C)c1. The smallest absolute Gasteiger partial charge is 0.0101 e. The highest BCUT2D eigenvalue weighted by Crippen LogP contribution is 2.64. The van der Waals surface area contributed by atoms with Crippen molar-refractivity contribution in [2.45, 2.75) is 129 Å². The van der Waals surface area contributed by atoms with Gasteiger partial charge in [-0.25, -0.2) is 0 Å². The summed E-state index contributed by atoms with van der Waals surface area (Å²) in [4.78, 5) is 0. The molecule has 1 aliphatic rings. The first-order valence-electron chi connectivity index (χ1n) is 13.4. The molecule has 1 saturated heterocycles. The third-order valence-corrected chi connectivity index (χ3v) is 11.6. The summed E-state index contributed by atoms with van der Waals surface area (Å²) in [5.41, 5.74) is 7.62. The summed E-state index contributed by atoms with van der Waals surface area (Å²) in [5.74, 6) is 1.57. The van der Waals surface area contributed by atoms with E-state index in [1.54, 1.807) is 5.30 Å². The maximum Gasteiger partial charge on any atom is -0.0101 e. The lowest BCUT2D eigenvalue weighted by Gasteiger charge is -2.48. The normalized spacial score (nSPS) is 19.2. The zero-order valence-corrected chi connectivity index (χ0v) is 24.1. The molecule has 0 N–H and O–H groups in total. The Morgan fingerprint density at radius 1 is 0.667 bits per heavy atom. The summed E-state index contributed by atoms with van der Waals surface area (Å²) >= 11 is 0. The van der Waals surface area contributed by atoms with E-state index < -0.39 is 0 Å². The molecule has 0 radical (unpaired) electrons. The van der Waals surface area contributed by atoms with Crippen LogP contribution in [0.2, 0.25) is 0 Å². The summed E-state index contributed by atoms with van der Waals surface area (Å²) in [5, 5.41) is 2.34. The van der Waals surface area contributed by atoms with Gasteiger partial charge in [0.05, 0.1) is 0 Å². The van der Waals surface area contributed by atoms with Gasteiger partial charge in [0.1, 0.15) is 0 Å². The van der Waals surface area contributed by atoms with Crippen molar-refractivity contribution in [3.63, 3.8) is 0 Å². The number of benzene rings is 2. The average Bonchev–Trinajstić information content (AvgIpc) is 2.71. The van der Waals surface area contributed by atoms with Crippen LogP contribution in [-0.4, -0.2) is 10.3 Å². The zero-order chi connectivity index (χ0) is 24.6. The van der Waals surface area contributed by atoms with Gasteiger partial charge in [-0.3, -0.25) is 0 Å². The maximum absolute atomic E-state index is 2.57. The van der Waals surface area contributed by atoms with E-state index >= 15 is 0 Å². The minimum atomic E-state index is -0.325. The molecule has 1 aliphatic heterocycles. The molecule has 2 aromatic carbocycles. The predicted octanol–water partition coefficient (Wildman–Crippen LogP) is 10.4. The molecule has 1 heterocycles. The fraction of sp³-hybridized carbons (Fsp3) is 0.625. The molecule has 0 aliphatic carbocycles. The predicted molar refractivity (Wildman–Crippen MR) is 152 cm³/mol. The molecule has 0 spiro atoms. The summed E-state index contributed by atoms with van der Waals surface area (Å²) in [6, 6.07) is 14.6. The van der Waals surface area contributed by atoms with Crippen molar-refractivity contribution in [2.24, 2.45) is 0 Å². The van der Waals surface area contributed by atoms with Crippen molar-refractivity contribution in [3.8, 4) is 11.1 Å². The Hall–Kier alpha value is -1.13. The van der Waals surface area contributed by atoms with Gasteiger partial charge in [0, 0.05) is 0 Å². The van der Waals surface area contributed by atoms with E-state index in [4.69, 9.17) is 0 Å². The Labute approximate surface area is 206 Å². The highest BCUT2D eigenvalue weighted by atomic mass is 31.1. The van der Waals surface area contributed by atoms with E-state index in [9.17, 15) is 0 Å². The molecule has 1 heteroatoms. The number of hydrogen-bond donors (Lipinski definition) is 0. The van der Waals surface area contributed by atoms with Crippen molar-refractivity contribution in [1.29, 1.82) is 0 Å². The average molecular weight is 465 g/mol. The third kappa shape index (κ3) is 5.59. The lowest BCUT2D eigenvalue weighted by molar-refractivity contribution is 0.478. The first kappa shape index (κ1) is 26.5. The molecule has 0 aromatic heterocycles. The van der Waals surface area contributed by atoms with E-state index in [1.165, 1.54) is 59.9 Å². The molecule has 182 valence electrons. The second-order valence-corrected chi connectivity index (χ2v) is 16.2. The van der Waals surface area contributed by atoms with Crippen LogP contribution in [0.1, 0.15) is 136 Å². The molecular weight excluding hydrogens is 415 g/mol. The van der Waals surface area contributed by atoms with E-state index in [1.807, 2.05) is 0 Å². The third-order valence-electron chi connectivity index (χ3n) is 7.83. The van der Waals surface area contributed by atoms with Crippen LogP contribution in [0.15, 0.2) is 36.4 Å². The van der Waals surface area contributed by atoms with Crippen molar-refractivity contribution in [2.75, 3.05) is 0 Å². The van der Waals surface area contributed by atoms with E-state index in [-0.39, 0.29) is 7.92 Å². The first-order valence-corrected chi connectivity index (χ1v) is 14.8. The Bertz CT molecular complexity index is 898. The van der Waals surface area contributed by atoms with Crippen LogP contribution in [0.3, 0.4) is 0 Å². The molecule has 0 nitrogen and oxygen atoms in total. The maximum atomic E-state index is 2.57. The van der Waals surface area contributed by atoms with Crippen molar-refractivity contribution >= 4 is 13.2 Å². The minimum absolute atomic E-state index is 0.325. The molecule has 33 heavy (non-hydrogen) atoms. The lowest BCUT2D eigenvalue weighted by atomic mass is 9.82. The summed E-state index contributed by atoms with van der Waals surface area (Å²) in [7, 11) is -0.325. The fourth-order valence-corrected chi connectivity index (χ4v) is 10.5. The van der Waals surface area contributed by atoms with Crippen LogP contribution in [0.4, 0.5) is 0 Å². The highest BCUT2D eigenvalue weighted by Gasteiger charge is 2.43. The van der Waals surface area contributed by atoms with Crippen molar-refractivity contribution in [3.05, 3.63) is 53.1 Å². The molecule has 0 amide bonds. The van der Waals surface area contributed by atoms with Gasteiger partial charge in [-0.1, -0.05) is 133 Å². The topological polar surface area (TPSA) is 0 Å². The molecule has 0 saturated carbocycles. The van der Waals surface area contributed by atoms with Gasteiger partial charge in [-0.05, 0) is 74.0 Å². The number of hydrogen-bond acceptors (Lipinski definition) is 0. The van der Waals surface area contributed by atoms with Crippen LogP contribution in [0.5, 0.6) is 0 Å². The van der Waals surface area contributed by atoms with Crippen LogP contribution >= 0.6 is 7.92 Å². The Balaban J connectivity index is 2.35. The Morgan fingerprint density at radius 2 is 1.15 bits per heavy atom. The summed E-state index contributed by atoms with van der Waals surface area (Å²) in [6.07, 6.45) is 6.83. The summed E-state index contributed by atoms with van der Waals surface area (Å²) in [6.45, 7) is 24.5. The zero-order valence-electron chi connectivity index (χ0n) is 23.2. The minimum Gasteiger partial charge on any atom is -0.0631 e. The van der Waals surface area contributed by atoms with Crippen molar-refractivity contribution < 1.29 is 0 Å². The van der Waals surface area contributed by atoms with Crippen LogP contribution < -0.4 is 5.30 Å². The van der Waals surface area contributed by atoms with E-state index in [2.05, 4.69) is 106 Å². The van der Waals surface area contributed by atoms with E-state index in [0.29, 0.717) is 28.1 Å². The first-order chi connectivity index (χ1) is 15.4. The van der Waals surface area contributed by atoms with Crippen LogP contribution in [0.25, 0.3) is 11.1 Å². The monoisotopic (exact) mass is 464 g/mol. The molecule has 3 rings (SSSR count). The fourth-order valence-electron chi connectivity index (χ4n) is 6.13. The van der Waals surface area contributed by atoms with Gasteiger partial charge in [0.25, 0.3) is 0 Å². The van der Waals surface area contributed by atoms with Crippen LogP contribution in [0, 0.1) is 0 Å². The van der Waals surface area contributed by atoms with E-state index in [0.717, 1.165) is 0 Å². The van der Waals surface area contributed by atoms with Crippen molar-refractivity contribution in [1.82, 2.24) is 0 Å². The molecule has 0 unspecified atom stereocenters.